The van der Waals surface area contributed by atoms with Crippen molar-refractivity contribution in [2.45, 2.75) is 71.8 Å². The zero-order chi connectivity index (χ0) is 14.1. The van der Waals surface area contributed by atoms with Crippen molar-refractivity contribution in [2.75, 3.05) is 13.1 Å². The Morgan fingerprint density at radius 2 is 1.63 bits per heavy atom. The van der Waals surface area contributed by atoms with Crippen LogP contribution in [0.25, 0.3) is 0 Å². The summed E-state index contributed by atoms with van der Waals surface area (Å²) in [6, 6.07) is 0.459. The van der Waals surface area contributed by atoms with Gasteiger partial charge in [0.25, 0.3) is 0 Å². The molecular weight excluding hydrogens is 236 g/mol. The first-order chi connectivity index (χ1) is 9.24. The van der Waals surface area contributed by atoms with Crippen LogP contribution in [0.5, 0.6) is 0 Å². The summed E-state index contributed by atoms with van der Waals surface area (Å²) in [4.78, 5) is 11.9. The van der Waals surface area contributed by atoms with Crippen molar-refractivity contribution in [3.63, 3.8) is 0 Å². The molecule has 3 nitrogen and oxygen atoms in total. The molecule has 0 aromatic carbocycles. The molecule has 112 valence electrons. The second-order valence-electron chi connectivity index (χ2n) is 5.92. The minimum absolute atomic E-state index is 0.288. The van der Waals surface area contributed by atoms with Gasteiger partial charge in [-0.2, -0.15) is 0 Å². The van der Waals surface area contributed by atoms with Gasteiger partial charge in [-0.15, -0.1) is 0 Å². The number of rotatable bonds is 3. The van der Waals surface area contributed by atoms with Gasteiger partial charge in [-0.1, -0.05) is 20.8 Å². The Morgan fingerprint density at radius 3 is 2.21 bits per heavy atom. The van der Waals surface area contributed by atoms with E-state index in [2.05, 4.69) is 17.6 Å². The van der Waals surface area contributed by atoms with Gasteiger partial charge in [0.1, 0.15) is 0 Å². The van der Waals surface area contributed by atoms with Gasteiger partial charge in [0, 0.05) is 12.5 Å². The smallest absolute Gasteiger partial charge is 0.220 e. The topological polar surface area (TPSA) is 41.1 Å². The maximum Gasteiger partial charge on any atom is 0.220 e. The average molecular weight is 268 g/mol. The van der Waals surface area contributed by atoms with E-state index in [0.717, 1.165) is 38.3 Å². The second kappa shape index (κ2) is 9.35. The molecule has 19 heavy (non-hydrogen) atoms. The molecule has 1 saturated carbocycles. The highest BCUT2D eigenvalue weighted by Gasteiger charge is 2.22. The molecule has 3 heteroatoms. The van der Waals surface area contributed by atoms with E-state index in [9.17, 15) is 4.79 Å². The van der Waals surface area contributed by atoms with Crippen LogP contribution >= 0.6 is 0 Å². The standard InChI is InChI=1S/C14H26N2O.C2H6/c1-11-2-4-13(5-3-11)16-14(17)10-12-6-8-15-9-7-12;1-2/h11-13,15H,2-10H2,1H3,(H,16,17);1-2H3. The van der Waals surface area contributed by atoms with E-state index in [0.29, 0.717) is 12.0 Å². The number of carbonyl (C=O) groups is 1. The molecule has 0 atom stereocenters. The molecule has 2 aliphatic rings. The normalized spacial score (nSPS) is 28.2. The molecule has 0 unspecified atom stereocenters. The van der Waals surface area contributed by atoms with Crippen molar-refractivity contribution in [2.24, 2.45) is 11.8 Å². The van der Waals surface area contributed by atoms with Gasteiger partial charge in [0.15, 0.2) is 0 Å². The minimum Gasteiger partial charge on any atom is -0.353 e. The SMILES string of the molecule is CC.CC1CCC(NC(=O)CC2CCNCC2)CC1. The number of carbonyl (C=O) groups excluding carboxylic acids is 1. The summed E-state index contributed by atoms with van der Waals surface area (Å²) in [7, 11) is 0. The summed E-state index contributed by atoms with van der Waals surface area (Å²) >= 11 is 0. The van der Waals surface area contributed by atoms with Crippen LogP contribution in [0.4, 0.5) is 0 Å². The molecule has 0 radical (unpaired) electrons. The third kappa shape index (κ3) is 6.42. The molecule has 1 aliphatic heterocycles. The Morgan fingerprint density at radius 1 is 1.05 bits per heavy atom. The van der Waals surface area contributed by atoms with Crippen molar-refractivity contribution >= 4 is 5.91 Å². The molecule has 1 amide bonds. The van der Waals surface area contributed by atoms with E-state index in [-0.39, 0.29) is 5.91 Å². The molecule has 2 rings (SSSR count). The van der Waals surface area contributed by atoms with Crippen LogP contribution in [-0.2, 0) is 4.79 Å². The molecule has 2 N–H and O–H groups in total. The first-order valence-electron chi connectivity index (χ1n) is 8.24. The third-order valence-corrected chi connectivity index (χ3v) is 4.31. The molecule has 1 saturated heterocycles. The van der Waals surface area contributed by atoms with E-state index < -0.39 is 0 Å². The molecular formula is C16H32N2O. The van der Waals surface area contributed by atoms with Crippen LogP contribution in [-0.4, -0.2) is 25.0 Å². The van der Waals surface area contributed by atoms with Crippen LogP contribution in [0.15, 0.2) is 0 Å². The highest BCUT2D eigenvalue weighted by Crippen LogP contribution is 2.24. The second-order valence-corrected chi connectivity index (χ2v) is 5.92. The maximum absolute atomic E-state index is 11.9. The highest BCUT2D eigenvalue weighted by molar-refractivity contribution is 5.76. The fraction of sp³-hybridized carbons (Fsp3) is 0.938. The number of amides is 1. The van der Waals surface area contributed by atoms with Gasteiger partial charge in [-0.3, -0.25) is 4.79 Å². The minimum atomic E-state index is 0.288. The van der Waals surface area contributed by atoms with E-state index in [4.69, 9.17) is 0 Å². The molecule has 0 bridgehead atoms. The summed E-state index contributed by atoms with van der Waals surface area (Å²) in [5.74, 6) is 1.75. The molecule has 1 heterocycles. The lowest BCUT2D eigenvalue weighted by Gasteiger charge is -2.28. The molecule has 1 aliphatic carbocycles. The lowest BCUT2D eigenvalue weighted by Crippen LogP contribution is -2.39. The van der Waals surface area contributed by atoms with Crippen molar-refractivity contribution < 1.29 is 4.79 Å². The predicted molar refractivity (Wildman–Crippen MR) is 81.1 cm³/mol. The summed E-state index contributed by atoms with van der Waals surface area (Å²) in [5.41, 5.74) is 0. The van der Waals surface area contributed by atoms with Crippen molar-refractivity contribution in [3.05, 3.63) is 0 Å². The van der Waals surface area contributed by atoms with Crippen molar-refractivity contribution in [3.8, 4) is 0 Å². The van der Waals surface area contributed by atoms with Gasteiger partial charge in [-0.25, -0.2) is 0 Å². The van der Waals surface area contributed by atoms with E-state index in [1.54, 1.807) is 0 Å². The van der Waals surface area contributed by atoms with Crippen LogP contribution in [0.2, 0.25) is 0 Å². The van der Waals surface area contributed by atoms with Crippen LogP contribution in [0.1, 0.15) is 65.7 Å². The van der Waals surface area contributed by atoms with E-state index >= 15 is 0 Å². The van der Waals surface area contributed by atoms with Gasteiger partial charge in [-0.05, 0) is 63.5 Å². The Balaban J connectivity index is 0.000000861. The lowest BCUT2D eigenvalue weighted by atomic mass is 9.87. The average Bonchev–Trinajstić information content (AvgIpc) is 2.45. The summed E-state index contributed by atoms with van der Waals surface area (Å²) in [6.45, 7) is 8.48. The van der Waals surface area contributed by atoms with E-state index in [1.807, 2.05) is 13.8 Å². The Hall–Kier alpha value is -0.570. The Kier molecular flexibility index (Phi) is 8.11. The van der Waals surface area contributed by atoms with E-state index in [1.165, 1.54) is 25.7 Å². The first-order valence-corrected chi connectivity index (χ1v) is 8.24. The monoisotopic (exact) mass is 268 g/mol. The van der Waals surface area contributed by atoms with Crippen LogP contribution in [0, 0.1) is 11.8 Å². The number of hydrogen-bond acceptors (Lipinski definition) is 2. The lowest BCUT2D eigenvalue weighted by molar-refractivity contribution is -0.123. The number of hydrogen-bond donors (Lipinski definition) is 2. The van der Waals surface area contributed by atoms with Gasteiger partial charge < -0.3 is 10.6 Å². The van der Waals surface area contributed by atoms with Gasteiger partial charge in [0.05, 0.1) is 0 Å². The molecule has 2 fully saturated rings. The third-order valence-electron chi connectivity index (χ3n) is 4.31. The number of piperidine rings is 1. The summed E-state index contributed by atoms with van der Waals surface area (Å²) in [5, 5.41) is 6.57. The van der Waals surface area contributed by atoms with Gasteiger partial charge >= 0.3 is 0 Å². The molecule has 0 aromatic heterocycles. The highest BCUT2D eigenvalue weighted by atomic mass is 16.1. The van der Waals surface area contributed by atoms with Crippen molar-refractivity contribution in [1.29, 1.82) is 0 Å². The fourth-order valence-corrected chi connectivity index (χ4v) is 3.04. The zero-order valence-corrected chi connectivity index (χ0v) is 13.0. The molecule has 0 aromatic rings. The largest absolute Gasteiger partial charge is 0.353 e. The molecule has 0 spiro atoms. The fourth-order valence-electron chi connectivity index (χ4n) is 3.04. The predicted octanol–water partition coefficient (Wildman–Crippen LogP) is 3.10. The van der Waals surface area contributed by atoms with Crippen LogP contribution in [0.3, 0.4) is 0 Å². The summed E-state index contributed by atoms with van der Waals surface area (Å²) in [6.07, 6.45) is 7.98. The summed E-state index contributed by atoms with van der Waals surface area (Å²) < 4.78 is 0. The van der Waals surface area contributed by atoms with Crippen molar-refractivity contribution in [1.82, 2.24) is 10.6 Å². The Bertz CT molecular complexity index is 241. The quantitative estimate of drug-likeness (QED) is 0.826. The first kappa shape index (κ1) is 16.5. The zero-order valence-electron chi connectivity index (χ0n) is 13.0. The maximum atomic E-state index is 11.9. The van der Waals surface area contributed by atoms with Crippen LogP contribution < -0.4 is 10.6 Å². The Labute approximate surface area is 118 Å². The number of nitrogens with one attached hydrogen (secondary N) is 2. The van der Waals surface area contributed by atoms with Gasteiger partial charge in [0.2, 0.25) is 5.91 Å².